The van der Waals surface area contributed by atoms with Gasteiger partial charge in [0.2, 0.25) is 15.2 Å². The third kappa shape index (κ3) is 4.88. The molecular formula is C17H20N4O3S2. The maximum atomic E-state index is 12.4. The normalized spacial score (nSPS) is 11.3. The first-order valence-electron chi connectivity index (χ1n) is 8.09. The van der Waals surface area contributed by atoms with E-state index in [0.29, 0.717) is 11.0 Å². The van der Waals surface area contributed by atoms with Crippen molar-refractivity contribution in [1.29, 1.82) is 0 Å². The summed E-state index contributed by atoms with van der Waals surface area (Å²) in [7, 11) is -3.76. The van der Waals surface area contributed by atoms with E-state index in [0.717, 1.165) is 17.8 Å². The molecule has 0 atom stereocenters. The molecule has 0 aliphatic carbocycles. The van der Waals surface area contributed by atoms with E-state index in [4.69, 9.17) is 6.42 Å². The van der Waals surface area contributed by atoms with Crippen LogP contribution in [0.4, 0.5) is 5.13 Å². The lowest BCUT2D eigenvalue weighted by Gasteiger charge is -2.07. The Bertz CT molecular complexity index is 912. The van der Waals surface area contributed by atoms with Crippen molar-refractivity contribution in [3.8, 4) is 12.3 Å². The van der Waals surface area contributed by atoms with Crippen LogP contribution in [0.15, 0.2) is 29.2 Å². The monoisotopic (exact) mass is 392 g/mol. The van der Waals surface area contributed by atoms with E-state index < -0.39 is 15.9 Å². The Morgan fingerprint density at radius 1 is 1.31 bits per heavy atom. The molecule has 0 unspecified atom stereocenters. The molecule has 2 N–H and O–H groups in total. The maximum absolute atomic E-state index is 12.4. The van der Waals surface area contributed by atoms with Gasteiger partial charge in [-0.3, -0.25) is 10.1 Å². The molecule has 0 spiro atoms. The molecule has 7 nitrogen and oxygen atoms in total. The first-order valence-corrected chi connectivity index (χ1v) is 10.4. The van der Waals surface area contributed by atoms with Crippen molar-refractivity contribution < 1.29 is 13.2 Å². The fraction of sp³-hybridized carbons (Fsp3) is 0.353. The van der Waals surface area contributed by atoms with Crippen LogP contribution in [0.3, 0.4) is 0 Å². The fourth-order valence-electron chi connectivity index (χ4n) is 2.28. The van der Waals surface area contributed by atoms with Crippen LogP contribution < -0.4 is 10.0 Å². The summed E-state index contributed by atoms with van der Waals surface area (Å²) in [5.41, 5.74) is 0.202. The molecule has 0 aliphatic rings. The van der Waals surface area contributed by atoms with Gasteiger partial charge in [-0.15, -0.1) is 16.6 Å². The number of carbonyl (C=O) groups is 1. The molecule has 0 aliphatic heterocycles. The molecule has 0 fully saturated rings. The number of benzene rings is 1. The van der Waals surface area contributed by atoms with E-state index in [1.165, 1.54) is 35.6 Å². The average Bonchev–Trinajstić information content (AvgIpc) is 3.09. The topological polar surface area (TPSA) is 101 Å². The molecule has 0 radical (unpaired) electrons. The molecule has 138 valence electrons. The maximum Gasteiger partial charge on any atom is 0.257 e. The van der Waals surface area contributed by atoms with Gasteiger partial charge in [0.25, 0.3) is 5.91 Å². The van der Waals surface area contributed by atoms with Crippen LogP contribution in [-0.2, 0) is 10.0 Å². The van der Waals surface area contributed by atoms with Gasteiger partial charge in [-0.25, -0.2) is 8.42 Å². The van der Waals surface area contributed by atoms with Gasteiger partial charge in [-0.05, 0) is 31.0 Å². The van der Waals surface area contributed by atoms with Crippen molar-refractivity contribution in [3.63, 3.8) is 0 Å². The van der Waals surface area contributed by atoms with Crippen LogP contribution in [0.5, 0.6) is 0 Å². The largest absolute Gasteiger partial charge is 0.296 e. The third-order valence-corrected chi connectivity index (χ3v) is 6.17. The predicted molar refractivity (Wildman–Crippen MR) is 102 cm³/mol. The Hall–Kier alpha value is -2.28. The molecule has 0 saturated heterocycles. The van der Waals surface area contributed by atoms with Gasteiger partial charge in [-0.2, -0.15) is 4.72 Å². The van der Waals surface area contributed by atoms with Gasteiger partial charge in [0.05, 0.1) is 11.4 Å². The van der Waals surface area contributed by atoms with Crippen molar-refractivity contribution >= 4 is 32.4 Å². The van der Waals surface area contributed by atoms with Crippen LogP contribution in [0.2, 0.25) is 0 Å². The highest BCUT2D eigenvalue weighted by molar-refractivity contribution is 7.89. The lowest BCUT2D eigenvalue weighted by atomic mass is 10.1. The number of nitrogens with zero attached hydrogens (tertiary/aromatic N) is 2. The number of carbonyl (C=O) groups excluding carboxylic acids is 1. The Balaban J connectivity index is 2.16. The molecular weight excluding hydrogens is 372 g/mol. The number of anilines is 1. The summed E-state index contributed by atoms with van der Waals surface area (Å²) in [5.74, 6) is 2.06. The van der Waals surface area contributed by atoms with Gasteiger partial charge in [-0.1, -0.05) is 37.2 Å². The molecule has 1 amide bonds. The summed E-state index contributed by atoms with van der Waals surface area (Å²) in [5, 5.41) is 12.0. The Morgan fingerprint density at radius 2 is 2.04 bits per heavy atom. The Kier molecular flexibility index (Phi) is 6.85. The smallest absolute Gasteiger partial charge is 0.257 e. The second kappa shape index (κ2) is 8.89. The first-order chi connectivity index (χ1) is 12.4. The summed E-state index contributed by atoms with van der Waals surface area (Å²) >= 11 is 1.33. The Morgan fingerprint density at radius 3 is 2.69 bits per heavy atom. The molecule has 0 bridgehead atoms. The zero-order chi connectivity index (χ0) is 19.2. The van der Waals surface area contributed by atoms with E-state index in [9.17, 15) is 13.2 Å². The summed E-state index contributed by atoms with van der Waals surface area (Å²) in [4.78, 5) is 12.4. The number of aromatic nitrogens is 2. The van der Waals surface area contributed by atoms with Crippen molar-refractivity contribution in [1.82, 2.24) is 14.9 Å². The Labute approximate surface area is 157 Å². The van der Waals surface area contributed by atoms with E-state index in [2.05, 4.69) is 40.0 Å². The van der Waals surface area contributed by atoms with E-state index >= 15 is 0 Å². The minimum absolute atomic E-state index is 0.0321. The van der Waals surface area contributed by atoms with Crippen LogP contribution in [-0.4, -0.2) is 31.1 Å². The fourth-order valence-corrected chi connectivity index (χ4v) is 4.27. The van der Waals surface area contributed by atoms with Gasteiger partial charge in [0, 0.05) is 11.5 Å². The number of hydrogen-bond donors (Lipinski definition) is 2. The zero-order valence-corrected chi connectivity index (χ0v) is 16.2. The van der Waals surface area contributed by atoms with Crippen LogP contribution in [0, 0.1) is 12.3 Å². The molecule has 2 aromatic rings. The lowest BCUT2D eigenvalue weighted by Crippen LogP contribution is -2.24. The van der Waals surface area contributed by atoms with Crippen LogP contribution >= 0.6 is 11.3 Å². The standard InChI is InChI=1S/C17H20N4O3S2/c1-4-10-18-26(23,24)14-9-7-8-13(11-14)15(22)19-17-21-20-16(25-17)12(5-2)6-3/h1,7-9,11-12,18H,5-6,10H2,2-3H3,(H,19,21,22). The summed E-state index contributed by atoms with van der Waals surface area (Å²) in [6.45, 7) is 4.03. The molecule has 0 saturated carbocycles. The molecule has 1 heterocycles. The van der Waals surface area contributed by atoms with E-state index in [1.807, 2.05) is 0 Å². The predicted octanol–water partition coefficient (Wildman–Crippen LogP) is 2.61. The second-order valence-corrected chi connectivity index (χ2v) is 8.25. The number of sulfonamides is 1. The van der Waals surface area contributed by atoms with Crippen molar-refractivity contribution in [2.75, 3.05) is 11.9 Å². The van der Waals surface area contributed by atoms with Crippen LogP contribution in [0.25, 0.3) is 0 Å². The first kappa shape index (κ1) is 20.0. The van der Waals surface area contributed by atoms with Gasteiger partial charge < -0.3 is 0 Å². The second-order valence-electron chi connectivity index (χ2n) is 5.47. The summed E-state index contributed by atoms with van der Waals surface area (Å²) in [6.07, 6.45) is 6.96. The number of rotatable bonds is 8. The molecule has 26 heavy (non-hydrogen) atoms. The van der Waals surface area contributed by atoms with Gasteiger partial charge in [0.1, 0.15) is 5.01 Å². The highest BCUT2D eigenvalue weighted by Crippen LogP contribution is 2.28. The number of terminal acetylenes is 1. The summed E-state index contributed by atoms with van der Waals surface area (Å²) < 4.78 is 26.5. The minimum atomic E-state index is -3.76. The molecule has 1 aromatic carbocycles. The van der Waals surface area contributed by atoms with Gasteiger partial charge >= 0.3 is 0 Å². The number of hydrogen-bond acceptors (Lipinski definition) is 6. The number of nitrogens with one attached hydrogen (secondary N) is 2. The van der Waals surface area contributed by atoms with Gasteiger partial charge in [0.15, 0.2) is 0 Å². The van der Waals surface area contributed by atoms with Crippen molar-refractivity contribution in [2.45, 2.75) is 37.5 Å². The zero-order valence-electron chi connectivity index (χ0n) is 14.5. The van der Waals surface area contributed by atoms with Crippen molar-refractivity contribution in [2.24, 2.45) is 0 Å². The van der Waals surface area contributed by atoms with Crippen LogP contribution in [0.1, 0.15) is 48.0 Å². The number of amides is 1. The van der Waals surface area contributed by atoms with Crippen molar-refractivity contribution in [3.05, 3.63) is 34.8 Å². The van der Waals surface area contributed by atoms with E-state index in [1.54, 1.807) is 0 Å². The van der Waals surface area contributed by atoms with E-state index in [-0.39, 0.29) is 17.0 Å². The SMILES string of the molecule is C#CCNS(=O)(=O)c1cccc(C(=O)Nc2nnc(C(CC)CC)s2)c1. The summed E-state index contributed by atoms with van der Waals surface area (Å²) in [6, 6.07) is 5.70. The molecule has 2 rings (SSSR count). The minimum Gasteiger partial charge on any atom is -0.296 e. The molecule has 9 heteroatoms. The highest BCUT2D eigenvalue weighted by Gasteiger charge is 2.18. The third-order valence-electron chi connectivity index (χ3n) is 3.77. The highest BCUT2D eigenvalue weighted by atomic mass is 32.2. The quantitative estimate of drug-likeness (QED) is 0.673. The molecule has 1 aromatic heterocycles. The lowest BCUT2D eigenvalue weighted by molar-refractivity contribution is 0.102. The average molecular weight is 393 g/mol.